The van der Waals surface area contributed by atoms with Crippen molar-refractivity contribution < 1.29 is 9.53 Å². The summed E-state index contributed by atoms with van der Waals surface area (Å²) in [6.07, 6.45) is 4.92. The van der Waals surface area contributed by atoms with Crippen LogP contribution in [0.4, 0.5) is 0 Å². The number of nitrogens with two attached hydrogens (primary N) is 1. The zero-order chi connectivity index (χ0) is 8.97. The summed E-state index contributed by atoms with van der Waals surface area (Å²) in [5, 5.41) is 0. The molecule has 0 amide bonds. The second-order valence-corrected chi connectivity index (χ2v) is 3.57. The maximum Gasteiger partial charge on any atom is 0.305 e. The van der Waals surface area contributed by atoms with E-state index in [1.807, 2.05) is 0 Å². The summed E-state index contributed by atoms with van der Waals surface area (Å²) in [5.74, 6) is 0.357. The number of hydrogen-bond acceptors (Lipinski definition) is 3. The summed E-state index contributed by atoms with van der Waals surface area (Å²) >= 11 is 0. The van der Waals surface area contributed by atoms with Gasteiger partial charge >= 0.3 is 5.97 Å². The minimum absolute atomic E-state index is 0.103. The number of esters is 1. The van der Waals surface area contributed by atoms with Gasteiger partial charge in [0, 0.05) is 12.5 Å². The van der Waals surface area contributed by atoms with E-state index < -0.39 is 0 Å². The van der Waals surface area contributed by atoms with Crippen molar-refractivity contribution in [3.8, 4) is 0 Å². The van der Waals surface area contributed by atoms with E-state index in [4.69, 9.17) is 5.73 Å². The van der Waals surface area contributed by atoms with E-state index >= 15 is 0 Å². The van der Waals surface area contributed by atoms with Crippen LogP contribution in [0.25, 0.3) is 0 Å². The summed E-state index contributed by atoms with van der Waals surface area (Å²) in [4.78, 5) is 10.9. The van der Waals surface area contributed by atoms with Gasteiger partial charge in [-0.25, -0.2) is 0 Å². The lowest BCUT2D eigenvalue weighted by Gasteiger charge is -2.25. The van der Waals surface area contributed by atoms with Gasteiger partial charge in [-0.2, -0.15) is 0 Å². The normalized spacial score (nSPS) is 29.8. The van der Waals surface area contributed by atoms with Crippen molar-refractivity contribution in [1.29, 1.82) is 0 Å². The topological polar surface area (TPSA) is 52.3 Å². The number of hydrogen-bond donors (Lipinski definition) is 1. The van der Waals surface area contributed by atoms with E-state index in [2.05, 4.69) is 4.74 Å². The van der Waals surface area contributed by atoms with Crippen molar-refractivity contribution in [2.75, 3.05) is 7.11 Å². The lowest BCUT2D eigenvalue weighted by Crippen LogP contribution is -2.29. The molecule has 3 heteroatoms. The summed E-state index contributed by atoms with van der Waals surface area (Å²) in [5.41, 5.74) is 5.79. The molecule has 1 rings (SSSR count). The van der Waals surface area contributed by atoms with Crippen molar-refractivity contribution in [1.82, 2.24) is 0 Å². The highest BCUT2D eigenvalue weighted by Gasteiger charge is 2.21. The molecule has 0 aliphatic heterocycles. The second-order valence-electron chi connectivity index (χ2n) is 3.57. The molecule has 1 aliphatic rings. The number of ether oxygens (including phenoxy) is 1. The first-order valence-corrected chi connectivity index (χ1v) is 4.54. The van der Waals surface area contributed by atoms with Crippen molar-refractivity contribution >= 4 is 5.97 Å². The number of carbonyl (C=O) groups is 1. The van der Waals surface area contributed by atoms with Gasteiger partial charge in [-0.3, -0.25) is 4.79 Å². The third-order valence-electron chi connectivity index (χ3n) is 2.51. The molecule has 1 aliphatic carbocycles. The maximum atomic E-state index is 10.9. The van der Waals surface area contributed by atoms with E-state index in [9.17, 15) is 4.79 Å². The number of carbonyl (C=O) groups excluding carboxylic acids is 1. The van der Waals surface area contributed by atoms with Gasteiger partial charge < -0.3 is 10.5 Å². The molecule has 0 radical (unpaired) electrons. The van der Waals surface area contributed by atoms with Crippen LogP contribution in [0.15, 0.2) is 0 Å². The molecule has 0 spiro atoms. The number of rotatable bonds is 2. The van der Waals surface area contributed by atoms with E-state index in [1.54, 1.807) is 0 Å². The Morgan fingerprint density at radius 3 is 2.92 bits per heavy atom. The Balaban J connectivity index is 2.27. The molecule has 1 unspecified atom stereocenters. The largest absolute Gasteiger partial charge is 0.469 e. The Kier molecular flexibility index (Phi) is 3.53. The monoisotopic (exact) mass is 171 g/mol. The van der Waals surface area contributed by atoms with E-state index in [0.717, 1.165) is 25.7 Å². The fraction of sp³-hybridized carbons (Fsp3) is 0.889. The fourth-order valence-corrected chi connectivity index (χ4v) is 1.84. The summed E-state index contributed by atoms with van der Waals surface area (Å²) in [7, 11) is 1.44. The van der Waals surface area contributed by atoms with Crippen LogP contribution >= 0.6 is 0 Å². The van der Waals surface area contributed by atoms with Crippen LogP contribution < -0.4 is 5.73 Å². The second kappa shape index (κ2) is 4.45. The minimum atomic E-state index is -0.103. The van der Waals surface area contributed by atoms with Gasteiger partial charge in [-0.1, -0.05) is 6.42 Å². The fourth-order valence-electron chi connectivity index (χ4n) is 1.84. The average Bonchev–Trinajstić information content (AvgIpc) is 2.04. The van der Waals surface area contributed by atoms with Crippen LogP contribution in [0.1, 0.15) is 32.1 Å². The van der Waals surface area contributed by atoms with Crippen LogP contribution in [0, 0.1) is 5.92 Å². The number of methoxy groups -OCH3 is 1. The zero-order valence-corrected chi connectivity index (χ0v) is 7.58. The molecule has 2 N–H and O–H groups in total. The van der Waals surface area contributed by atoms with Crippen LogP contribution in [0.2, 0.25) is 0 Å². The highest BCUT2D eigenvalue weighted by molar-refractivity contribution is 5.69. The van der Waals surface area contributed by atoms with Crippen molar-refractivity contribution in [2.45, 2.75) is 38.1 Å². The smallest absolute Gasteiger partial charge is 0.305 e. The SMILES string of the molecule is COC(=O)C[C@H]1CCCC(N)C1. The quantitative estimate of drug-likeness (QED) is 0.632. The molecule has 12 heavy (non-hydrogen) atoms. The lowest BCUT2D eigenvalue weighted by atomic mass is 9.84. The van der Waals surface area contributed by atoms with Gasteiger partial charge in [0.2, 0.25) is 0 Å². The Bertz CT molecular complexity index is 159. The molecule has 0 heterocycles. The molecule has 2 atom stereocenters. The van der Waals surface area contributed by atoms with Gasteiger partial charge in [0.05, 0.1) is 7.11 Å². The first-order valence-electron chi connectivity index (χ1n) is 4.54. The Labute approximate surface area is 73.3 Å². The van der Waals surface area contributed by atoms with Crippen LogP contribution in [-0.4, -0.2) is 19.1 Å². The molecular formula is C9H17NO2. The molecule has 0 aromatic heterocycles. The standard InChI is InChI=1S/C9H17NO2/c1-12-9(11)6-7-3-2-4-8(10)5-7/h7-8H,2-6,10H2,1H3/t7-,8?/m0/s1. The minimum Gasteiger partial charge on any atom is -0.469 e. The summed E-state index contributed by atoms with van der Waals surface area (Å²) < 4.78 is 4.61. The molecule has 3 nitrogen and oxygen atoms in total. The Hall–Kier alpha value is -0.570. The summed E-state index contributed by atoms with van der Waals surface area (Å²) in [6.45, 7) is 0. The predicted molar refractivity (Wildman–Crippen MR) is 46.6 cm³/mol. The van der Waals surface area contributed by atoms with Crippen molar-refractivity contribution in [3.05, 3.63) is 0 Å². The van der Waals surface area contributed by atoms with Gasteiger partial charge in [0.25, 0.3) is 0 Å². The highest BCUT2D eigenvalue weighted by Crippen LogP contribution is 2.25. The van der Waals surface area contributed by atoms with Crippen LogP contribution in [0.3, 0.4) is 0 Å². The van der Waals surface area contributed by atoms with Gasteiger partial charge in [-0.05, 0) is 25.2 Å². The van der Waals surface area contributed by atoms with E-state index in [1.165, 1.54) is 7.11 Å². The molecule has 0 aromatic rings. The lowest BCUT2D eigenvalue weighted by molar-refractivity contribution is -0.142. The summed E-state index contributed by atoms with van der Waals surface area (Å²) in [6, 6.07) is 0.299. The Morgan fingerprint density at radius 1 is 1.58 bits per heavy atom. The zero-order valence-electron chi connectivity index (χ0n) is 7.58. The van der Waals surface area contributed by atoms with Gasteiger partial charge in [0.15, 0.2) is 0 Å². The van der Waals surface area contributed by atoms with Crippen LogP contribution in [0.5, 0.6) is 0 Å². The van der Waals surface area contributed by atoms with Gasteiger partial charge in [0.1, 0.15) is 0 Å². The molecule has 1 fully saturated rings. The van der Waals surface area contributed by atoms with E-state index in [0.29, 0.717) is 18.4 Å². The highest BCUT2D eigenvalue weighted by atomic mass is 16.5. The molecule has 0 aromatic carbocycles. The molecular weight excluding hydrogens is 154 g/mol. The Morgan fingerprint density at radius 2 is 2.33 bits per heavy atom. The van der Waals surface area contributed by atoms with E-state index in [-0.39, 0.29) is 5.97 Å². The molecule has 1 saturated carbocycles. The average molecular weight is 171 g/mol. The van der Waals surface area contributed by atoms with Crippen molar-refractivity contribution in [3.63, 3.8) is 0 Å². The molecule has 0 saturated heterocycles. The third-order valence-corrected chi connectivity index (χ3v) is 2.51. The van der Waals surface area contributed by atoms with Crippen LogP contribution in [-0.2, 0) is 9.53 Å². The first kappa shape index (κ1) is 9.52. The van der Waals surface area contributed by atoms with Crippen molar-refractivity contribution in [2.24, 2.45) is 11.7 Å². The molecule has 70 valence electrons. The predicted octanol–water partition coefficient (Wildman–Crippen LogP) is 1.07. The first-order chi connectivity index (χ1) is 5.72. The third kappa shape index (κ3) is 2.81. The maximum absolute atomic E-state index is 10.9. The van der Waals surface area contributed by atoms with Gasteiger partial charge in [-0.15, -0.1) is 0 Å². The molecule has 0 bridgehead atoms.